The van der Waals surface area contributed by atoms with Crippen LogP contribution in [-0.2, 0) is 6.42 Å². The molecule has 0 aromatic carbocycles. The van der Waals surface area contributed by atoms with Crippen molar-refractivity contribution < 1.29 is 4.52 Å². The molecule has 118 valence electrons. The Kier molecular flexibility index (Phi) is 4.91. The SMILES string of the molecule is CN1C2CCC1CC(c1noc(CCCCCCN)n1)C2. The number of nitrogens with zero attached hydrogens (tertiary/aromatic N) is 3. The highest BCUT2D eigenvalue weighted by molar-refractivity contribution is 5.05. The van der Waals surface area contributed by atoms with Crippen molar-refractivity contribution in [3.8, 4) is 0 Å². The number of aromatic nitrogens is 2. The maximum Gasteiger partial charge on any atom is 0.226 e. The summed E-state index contributed by atoms with van der Waals surface area (Å²) in [7, 11) is 2.27. The van der Waals surface area contributed by atoms with Gasteiger partial charge in [-0.2, -0.15) is 4.98 Å². The molecule has 0 radical (unpaired) electrons. The zero-order chi connectivity index (χ0) is 14.7. The van der Waals surface area contributed by atoms with E-state index in [0.29, 0.717) is 5.92 Å². The molecule has 2 atom stereocenters. The molecule has 5 nitrogen and oxygen atoms in total. The van der Waals surface area contributed by atoms with E-state index in [-0.39, 0.29) is 0 Å². The fraction of sp³-hybridized carbons (Fsp3) is 0.875. The smallest absolute Gasteiger partial charge is 0.226 e. The van der Waals surface area contributed by atoms with Gasteiger partial charge in [-0.15, -0.1) is 0 Å². The third kappa shape index (κ3) is 3.46. The summed E-state index contributed by atoms with van der Waals surface area (Å²) in [5.41, 5.74) is 5.50. The summed E-state index contributed by atoms with van der Waals surface area (Å²) in [6, 6.07) is 1.46. The lowest BCUT2D eigenvalue weighted by Gasteiger charge is -2.34. The minimum absolute atomic E-state index is 0.508. The highest BCUT2D eigenvalue weighted by Crippen LogP contribution is 2.41. The summed E-state index contributed by atoms with van der Waals surface area (Å²) in [6.45, 7) is 0.795. The van der Waals surface area contributed by atoms with E-state index in [0.717, 1.165) is 49.6 Å². The van der Waals surface area contributed by atoms with Crippen LogP contribution in [0.25, 0.3) is 0 Å². The first kappa shape index (κ1) is 15.0. The molecule has 0 amide bonds. The van der Waals surface area contributed by atoms with Crippen molar-refractivity contribution in [2.45, 2.75) is 75.8 Å². The van der Waals surface area contributed by atoms with E-state index in [1.54, 1.807) is 0 Å². The van der Waals surface area contributed by atoms with Gasteiger partial charge < -0.3 is 15.2 Å². The quantitative estimate of drug-likeness (QED) is 0.782. The molecular formula is C16H28N4O. The van der Waals surface area contributed by atoms with Crippen LogP contribution in [0.5, 0.6) is 0 Å². The predicted molar refractivity (Wildman–Crippen MR) is 82.1 cm³/mol. The van der Waals surface area contributed by atoms with Crippen LogP contribution in [0.4, 0.5) is 0 Å². The zero-order valence-electron chi connectivity index (χ0n) is 13.1. The van der Waals surface area contributed by atoms with E-state index in [2.05, 4.69) is 22.1 Å². The lowest BCUT2D eigenvalue weighted by atomic mass is 9.90. The normalized spacial score (nSPS) is 29.1. The molecule has 2 bridgehead atoms. The molecule has 1 aromatic heterocycles. The Balaban J connectivity index is 1.49. The van der Waals surface area contributed by atoms with Gasteiger partial charge in [0, 0.05) is 24.4 Å². The van der Waals surface area contributed by atoms with Crippen LogP contribution in [0.1, 0.15) is 69.0 Å². The second-order valence-corrected chi connectivity index (χ2v) is 6.72. The van der Waals surface area contributed by atoms with E-state index >= 15 is 0 Å². The van der Waals surface area contributed by atoms with Crippen LogP contribution in [0, 0.1) is 0 Å². The topological polar surface area (TPSA) is 68.2 Å². The molecule has 1 aromatic rings. The highest BCUT2D eigenvalue weighted by atomic mass is 16.5. The molecule has 2 unspecified atom stereocenters. The number of unbranched alkanes of at least 4 members (excludes halogenated alkanes) is 3. The van der Waals surface area contributed by atoms with E-state index in [4.69, 9.17) is 10.3 Å². The molecule has 3 heterocycles. The Hall–Kier alpha value is -0.940. The van der Waals surface area contributed by atoms with Gasteiger partial charge in [0.25, 0.3) is 0 Å². The Bertz CT molecular complexity index is 433. The third-order valence-electron chi connectivity index (χ3n) is 5.29. The number of piperidine rings is 1. The first-order chi connectivity index (χ1) is 10.3. The lowest BCUT2D eigenvalue weighted by Crippen LogP contribution is -2.39. The summed E-state index contributed by atoms with van der Waals surface area (Å²) in [5.74, 6) is 2.29. The molecule has 2 saturated heterocycles. The van der Waals surface area contributed by atoms with Gasteiger partial charge in [-0.1, -0.05) is 18.0 Å². The Morgan fingerprint density at radius 2 is 1.86 bits per heavy atom. The fourth-order valence-electron chi connectivity index (χ4n) is 3.93. The molecule has 2 fully saturated rings. The average molecular weight is 292 g/mol. The number of fused-ring (bicyclic) bond motifs is 2. The lowest BCUT2D eigenvalue weighted by molar-refractivity contribution is 0.157. The molecule has 5 heteroatoms. The summed E-state index contributed by atoms with van der Waals surface area (Å²) in [4.78, 5) is 7.20. The molecule has 0 saturated carbocycles. The van der Waals surface area contributed by atoms with Gasteiger partial charge in [-0.05, 0) is 52.1 Å². The number of hydrogen-bond donors (Lipinski definition) is 1. The second kappa shape index (κ2) is 6.88. The van der Waals surface area contributed by atoms with Crippen molar-refractivity contribution in [2.75, 3.05) is 13.6 Å². The van der Waals surface area contributed by atoms with Crippen molar-refractivity contribution in [3.05, 3.63) is 11.7 Å². The predicted octanol–water partition coefficient (Wildman–Crippen LogP) is 2.47. The molecule has 0 spiro atoms. The van der Waals surface area contributed by atoms with E-state index in [1.165, 1.54) is 38.5 Å². The number of rotatable bonds is 7. The molecule has 3 rings (SSSR count). The number of aryl methyl sites for hydroxylation is 1. The third-order valence-corrected chi connectivity index (χ3v) is 5.29. The van der Waals surface area contributed by atoms with Crippen LogP contribution in [0.15, 0.2) is 4.52 Å². The van der Waals surface area contributed by atoms with E-state index in [9.17, 15) is 0 Å². The molecule has 2 aliphatic heterocycles. The molecule has 2 N–H and O–H groups in total. The van der Waals surface area contributed by atoms with E-state index < -0.39 is 0 Å². The first-order valence-corrected chi connectivity index (χ1v) is 8.52. The van der Waals surface area contributed by atoms with Gasteiger partial charge >= 0.3 is 0 Å². The van der Waals surface area contributed by atoms with Crippen molar-refractivity contribution in [2.24, 2.45) is 5.73 Å². The molecule has 0 aliphatic carbocycles. The fourth-order valence-corrected chi connectivity index (χ4v) is 3.93. The summed E-state index contributed by atoms with van der Waals surface area (Å²) < 4.78 is 5.44. The maximum absolute atomic E-state index is 5.50. The number of hydrogen-bond acceptors (Lipinski definition) is 5. The van der Waals surface area contributed by atoms with Gasteiger partial charge in [0.1, 0.15) is 0 Å². The van der Waals surface area contributed by atoms with E-state index in [1.807, 2.05) is 0 Å². The van der Waals surface area contributed by atoms with Crippen LogP contribution in [-0.4, -0.2) is 40.7 Å². The second-order valence-electron chi connectivity index (χ2n) is 6.72. The summed E-state index contributed by atoms with van der Waals surface area (Å²) in [5, 5.41) is 4.25. The molecule has 2 aliphatic rings. The van der Waals surface area contributed by atoms with Crippen LogP contribution in [0.2, 0.25) is 0 Å². The van der Waals surface area contributed by atoms with Gasteiger partial charge in [0.2, 0.25) is 5.89 Å². The van der Waals surface area contributed by atoms with Gasteiger partial charge in [-0.25, -0.2) is 0 Å². The minimum atomic E-state index is 0.508. The van der Waals surface area contributed by atoms with Crippen molar-refractivity contribution in [1.29, 1.82) is 0 Å². The van der Waals surface area contributed by atoms with Crippen molar-refractivity contribution in [3.63, 3.8) is 0 Å². The Labute approximate surface area is 127 Å². The van der Waals surface area contributed by atoms with Gasteiger partial charge in [0.15, 0.2) is 5.82 Å². The largest absolute Gasteiger partial charge is 0.339 e. The Morgan fingerprint density at radius 1 is 1.14 bits per heavy atom. The highest BCUT2D eigenvalue weighted by Gasteiger charge is 2.40. The zero-order valence-corrected chi connectivity index (χ0v) is 13.1. The number of nitrogens with two attached hydrogens (primary N) is 1. The van der Waals surface area contributed by atoms with Crippen LogP contribution < -0.4 is 5.73 Å². The van der Waals surface area contributed by atoms with Gasteiger partial charge in [-0.3, -0.25) is 0 Å². The summed E-state index contributed by atoms with van der Waals surface area (Å²) in [6.07, 6.45) is 10.6. The standard InChI is InChI=1S/C16H28N4O/c1-20-13-7-8-14(20)11-12(10-13)16-18-15(21-19-16)6-4-2-3-5-9-17/h12-14H,2-11,17H2,1H3. The van der Waals surface area contributed by atoms with Gasteiger partial charge in [0.05, 0.1) is 0 Å². The summed E-state index contributed by atoms with van der Waals surface area (Å²) >= 11 is 0. The molecular weight excluding hydrogens is 264 g/mol. The minimum Gasteiger partial charge on any atom is -0.339 e. The Morgan fingerprint density at radius 3 is 2.57 bits per heavy atom. The first-order valence-electron chi connectivity index (χ1n) is 8.52. The van der Waals surface area contributed by atoms with Crippen molar-refractivity contribution in [1.82, 2.24) is 15.0 Å². The molecule has 21 heavy (non-hydrogen) atoms. The van der Waals surface area contributed by atoms with Crippen molar-refractivity contribution >= 4 is 0 Å². The average Bonchev–Trinajstić information content (AvgIpc) is 3.01. The van der Waals surface area contributed by atoms with Crippen LogP contribution in [0.3, 0.4) is 0 Å². The monoisotopic (exact) mass is 292 g/mol. The maximum atomic E-state index is 5.50. The van der Waals surface area contributed by atoms with Crippen LogP contribution >= 0.6 is 0 Å².